The van der Waals surface area contributed by atoms with Gasteiger partial charge in [-0.15, -0.1) is 0 Å². The molecule has 1 unspecified atom stereocenters. The molecule has 9 nitrogen and oxygen atoms in total. The first-order valence-electron chi connectivity index (χ1n) is 14.5. The van der Waals surface area contributed by atoms with E-state index in [0.29, 0.717) is 38.0 Å². The predicted molar refractivity (Wildman–Crippen MR) is 169 cm³/mol. The zero-order chi connectivity index (χ0) is 29.6. The van der Waals surface area contributed by atoms with E-state index in [-0.39, 0.29) is 18.2 Å². The minimum atomic E-state index is -1.06. The van der Waals surface area contributed by atoms with Crippen LogP contribution in [0, 0.1) is 5.92 Å². The van der Waals surface area contributed by atoms with E-state index < -0.39 is 29.7 Å². The average Bonchev–Trinajstić information content (AvgIpc) is 3.48. The van der Waals surface area contributed by atoms with Crippen LogP contribution in [-0.2, 0) is 30.3 Å². The quantitative estimate of drug-likeness (QED) is 0.139. The molecule has 0 aromatic heterocycles. The summed E-state index contributed by atoms with van der Waals surface area (Å²) >= 11 is 3.41. The van der Waals surface area contributed by atoms with E-state index in [4.69, 9.17) is 4.74 Å². The Labute approximate surface area is 259 Å². The molecule has 3 N–H and O–H groups in total. The Hall–Kier alpha value is -1.60. The van der Waals surface area contributed by atoms with Crippen LogP contribution in [0.15, 0.2) is 28.7 Å². The highest BCUT2D eigenvalue weighted by Crippen LogP contribution is 2.39. The van der Waals surface area contributed by atoms with Crippen molar-refractivity contribution in [2.75, 3.05) is 45.1 Å². The van der Waals surface area contributed by atoms with Crippen molar-refractivity contribution < 1.29 is 23.9 Å². The summed E-state index contributed by atoms with van der Waals surface area (Å²) in [6.45, 7) is 7.52. The largest absolute Gasteiger partial charge is 0.379 e. The van der Waals surface area contributed by atoms with Gasteiger partial charge in [-0.3, -0.25) is 24.1 Å². The first kappa shape index (κ1) is 33.9. The number of hydrogen-bond donors (Lipinski definition) is 3. The number of morpholine rings is 1. The molecule has 1 aromatic carbocycles. The highest BCUT2D eigenvalue weighted by Gasteiger charge is 2.31. The summed E-state index contributed by atoms with van der Waals surface area (Å²) in [4.78, 5) is 54.4. The monoisotopic (exact) mass is 670 g/mol. The number of ether oxygens (including phenoxy) is 1. The van der Waals surface area contributed by atoms with E-state index in [0.717, 1.165) is 42.4 Å². The maximum atomic E-state index is 13.4. The van der Waals surface area contributed by atoms with Crippen LogP contribution in [0.2, 0.25) is 0 Å². The van der Waals surface area contributed by atoms with Gasteiger partial charge in [0.15, 0.2) is 0 Å². The van der Waals surface area contributed by atoms with Crippen LogP contribution in [-0.4, -0.2) is 90.9 Å². The number of nitrogens with zero attached hydrogens (tertiary/aromatic N) is 1. The third-order valence-electron chi connectivity index (χ3n) is 7.20. The highest BCUT2D eigenvalue weighted by molar-refractivity contribution is 9.10. The van der Waals surface area contributed by atoms with Gasteiger partial charge in [0.25, 0.3) is 5.91 Å². The molecule has 3 amide bonds. The molecule has 2 aliphatic rings. The summed E-state index contributed by atoms with van der Waals surface area (Å²) in [7, 11) is 3.86. The number of amides is 3. The topological polar surface area (TPSA) is 117 Å². The molecule has 0 bridgehead atoms. The Morgan fingerprint density at radius 1 is 1.07 bits per heavy atom. The number of carbonyl (C=O) groups excluding carboxylic acids is 4. The van der Waals surface area contributed by atoms with Crippen molar-refractivity contribution >= 4 is 61.0 Å². The van der Waals surface area contributed by atoms with Gasteiger partial charge in [-0.25, -0.2) is 0 Å². The fourth-order valence-corrected chi connectivity index (χ4v) is 8.02. The molecule has 2 fully saturated rings. The molecule has 0 aliphatic carbocycles. The van der Waals surface area contributed by atoms with Gasteiger partial charge in [0, 0.05) is 54.5 Å². The van der Waals surface area contributed by atoms with E-state index in [1.54, 1.807) is 0 Å². The van der Waals surface area contributed by atoms with Gasteiger partial charge in [-0.2, -0.15) is 0 Å². The summed E-state index contributed by atoms with van der Waals surface area (Å²) in [5.41, 5.74) is 0.803. The number of benzene rings is 1. The second kappa shape index (κ2) is 18.1. The van der Waals surface area contributed by atoms with Gasteiger partial charge >= 0.3 is 0 Å². The summed E-state index contributed by atoms with van der Waals surface area (Å²) in [5, 5.41) is 9.03. The molecule has 2 saturated heterocycles. The molecule has 12 heteroatoms. The molecule has 0 saturated carbocycles. The van der Waals surface area contributed by atoms with Crippen LogP contribution in [0.5, 0.6) is 0 Å². The lowest BCUT2D eigenvalue weighted by atomic mass is 9.98. The van der Waals surface area contributed by atoms with E-state index in [1.165, 1.54) is 12.2 Å². The van der Waals surface area contributed by atoms with Crippen molar-refractivity contribution in [3.05, 3.63) is 34.3 Å². The van der Waals surface area contributed by atoms with Gasteiger partial charge in [0.05, 0.1) is 13.2 Å². The summed E-state index contributed by atoms with van der Waals surface area (Å²) in [6, 6.07) is 5.51. The van der Waals surface area contributed by atoms with Crippen LogP contribution in [0.4, 0.5) is 0 Å². The molecule has 0 spiro atoms. The Morgan fingerprint density at radius 3 is 2.46 bits per heavy atom. The zero-order valence-corrected chi connectivity index (χ0v) is 27.2. The third kappa shape index (κ3) is 12.3. The number of hydrogen-bond acceptors (Lipinski definition) is 8. The number of rotatable bonds is 16. The normalized spacial score (nSPS) is 19.0. The van der Waals surface area contributed by atoms with E-state index >= 15 is 0 Å². The number of halogens is 1. The van der Waals surface area contributed by atoms with Crippen LogP contribution in [0.1, 0.15) is 51.5 Å². The fraction of sp³-hybridized carbons (Fsp3) is 0.655. The molecular formula is C29H43BrN4O5S2. The highest BCUT2D eigenvalue weighted by atomic mass is 79.9. The first-order chi connectivity index (χ1) is 19.7. The van der Waals surface area contributed by atoms with Crippen molar-refractivity contribution in [2.24, 2.45) is 5.92 Å². The van der Waals surface area contributed by atoms with Crippen molar-refractivity contribution in [1.82, 2.24) is 20.9 Å². The van der Waals surface area contributed by atoms with Crippen LogP contribution < -0.4 is 16.0 Å². The van der Waals surface area contributed by atoms with Crippen LogP contribution in [0.3, 0.4) is 0 Å². The van der Waals surface area contributed by atoms with E-state index in [2.05, 4.69) is 36.8 Å². The second-order valence-electron chi connectivity index (χ2n) is 10.8. The molecular weight excluding hydrogens is 628 g/mol. The molecule has 41 heavy (non-hydrogen) atoms. The number of ketones is 1. The maximum absolute atomic E-state index is 13.4. The summed E-state index contributed by atoms with van der Waals surface area (Å²) < 4.78 is 6.23. The molecule has 228 valence electrons. The number of Topliss-reactive ketones (excluding diaryl/α,β-unsaturated/α-hetero) is 1. The molecule has 3 rings (SSSR count). The van der Waals surface area contributed by atoms with Gasteiger partial charge in [0.1, 0.15) is 12.1 Å². The Balaban J connectivity index is 1.56. The predicted octanol–water partition coefficient (Wildman–Crippen LogP) is 3.35. The molecule has 0 radical (unpaired) electrons. The molecule has 1 aromatic rings. The minimum absolute atomic E-state index is 0.158. The Kier molecular flexibility index (Phi) is 15.0. The minimum Gasteiger partial charge on any atom is -0.379 e. The SMILES string of the molecule is CC(C)[C@H](NC(=O)CCCCC1CCSS1)C(=O)N[C@@H](Cc1ccc(Br)cc1)C(=O)C(=O)NCCN1CCOCC1. The molecule has 2 aliphatic heterocycles. The lowest BCUT2D eigenvalue weighted by Crippen LogP contribution is -2.56. The zero-order valence-electron chi connectivity index (χ0n) is 24.0. The van der Waals surface area contributed by atoms with Crippen LogP contribution in [0.25, 0.3) is 0 Å². The third-order valence-corrected chi connectivity index (χ3v) is 10.7. The first-order valence-corrected chi connectivity index (χ1v) is 17.6. The second-order valence-corrected chi connectivity index (χ2v) is 14.5. The lowest BCUT2D eigenvalue weighted by Gasteiger charge is -2.27. The van der Waals surface area contributed by atoms with Crippen molar-refractivity contribution in [2.45, 2.75) is 69.7 Å². The van der Waals surface area contributed by atoms with Crippen molar-refractivity contribution in [3.8, 4) is 0 Å². The van der Waals surface area contributed by atoms with Gasteiger partial charge in [-0.1, -0.05) is 69.9 Å². The smallest absolute Gasteiger partial charge is 0.289 e. The number of unbranched alkanes of at least 4 members (excludes halogenated alkanes) is 1. The number of carbonyl (C=O) groups is 4. The van der Waals surface area contributed by atoms with Gasteiger partial charge in [-0.05, 0) is 42.9 Å². The van der Waals surface area contributed by atoms with E-state index in [1.807, 2.05) is 59.7 Å². The van der Waals surface area contributed by atoms with Crippen molar-refractivity contribution in [3.63, 3.8) is 0 Å². The summed E-state index contributed by atoms with van der Waals surface area (Å²) in [6.07, 6.45) is 4.60. The summed E-state index contributed by atoms with van der Waals surface area (Å²) in [5.74, 6) is -1.09. The standard InChI is InChI=1S/C29H43BrN4O5S2/c1-20(2)26(33-25(35)6-4-3-5-23-11-18-40-41-23)28(37)32-24(19-21-7-9-22(30)10-8-21)27(36)29(38)31-12-13-34-14-16-39-17-15-34/h7-10,20,23-24,26H,3-6,11-19H2,1-2H3,(H,31,38)(H,32,37)(H,33,35)/t23?,24-,26-/m0/s1. The average molecular weight is 672 g/mol. The molecule has 2 heterocycles. The Morgan fingerprint density at radius 2 is 1.80 bits per heavy atom. The number of nitrogens with one attached hydrogen (secondary N) is 3. The fourth-order valence-electron chi connectivity index (χ4n) is 4.73. The lowest BCUT2D eigenvalue weighted by molar-refractivity contribution is -0.140. The Bertz CT molecular complexity index is 1000. The van der Waals surface area contributed by atoms with E-state index in [9.17, 15) is 19.2 Å². The molecule has 3 atom stereocenters. The maximum Gasteiger partial charge on any atom is 0.289 e. The van der Waals surface area contributed by atoms with Crippen molar-refractivity contribution in [1.29, 1.82) is 0 Å². The van der Waals surface area contributed by atoms with Gasteiger partial charge < -0.3 is 20.7 Å². The van der Waals surface area contributed by atoms with Gasteiger partial charge in [0.2, 0.25) is 17.6 Å². The van der Waals surface area contributed by atoms with Crippen LogP contribution >= 0.6 is 37.5 Å².